The highest BCUT2D eigenvalue weighted by atomic mass is 16.5. The third-order valence-electron chi connectivity index (χ3n) is 5.41. The number of carbonyl (C=O) groups is 4. The lowest BCUT2D eigenvalue weighted by atomic mass is 9.76. The van der Waals surface area contributed by atoms with Crippen LogP contribution >= 0.6 is 0 Å². The van der Waals surface area contributed by atoms with Crippen molar-refractivity contribution in [3.8, 4) is 11.8 Å². The van der Waals surface area contributed by atoms with E-state index in [9.17, 15) is 19.2 Å². The number of rotatable bonds is 17. The second kappa shape index (κ2) is 18.1. The minimum absolute atomic E-state index is 0.0233. The summed E-state index contributed by atoms with van der Waals surface area (Å²) in [6.07, 6.45) is 6.61. The fourth-order valence-electron chi connectivity index (χ4n) is 3.52. The Labute approximate surface area is 199 Å². The summed E-state index contributed by atoms with van der Waals surface area (Å²) in [5.41, 5.74) is -1.34. The fourth-order valence-corrected chi connectivity index (χ4v) is 3.52. The Hall–Kier alpha value is -2.36. The SMILES string of the molecule is CCCCCC(C#CCC(CCCCCCC(=O)OCC)(C(C)=O)C(=O)OCC)OC(C)=O. The third kappa shape index (κ3) is 13.1. The summed E-state index contributed by atoms with van der Waals surface area (Å²) >= 11 is 0. The monoisotopic (exact) mass is 466 g/mol. The molecule has 0 saturated heterocycles. The Morgan fingerprint density at radius 3 is 2.09 bits per heavy atom. The molecule has 0 N–H and O–H groups in total. The van der Waals surface area contributed by atoms with E-state index in [2.05, 4.69) is 18.8 Å². The number of ether oxygens (including phenoxy) is 3. The van der Waals surface area contributed by atoms with Gasteiger partial charge in [0.25, 0.3) is 0 Å². The summed E-state index contributed by atoms with van der Waals surface area (Å²) in [7, 11) is 0. The second-order valence-electron chi connectivity index (χ2n) is 8.17. The van der Waals surface area contributed by atoms with E-state index < -0.39 is 23.5 Å². The molecular weight excluding hydrogens is 424 g/mol. The molecule has 2 unspecified atom stereocenters. The maximum absolute atomic E-state index is 12.8. The Morgan fingerprint density at radius 2 is 1.52 bits per heavy atom. The molecule has 0 rings (SSSR count). The molecule has 0 saturated carbocycles. The van der Waals surface area contributed by atoms with E-state index >= 15 is 0 Å². The van der Waals surface area contributed by atoms with Crippen LogP contribution in [0.3, 0.4) is 0 Å². The summed E-state index contributed by atoms with van der Waals surface area (Å²) in [5.74, 6) is 4.44. The second-order valence-corrected chi connectivity index (χ2v) is 8.17. The molecular formula is C26H42O7. The van der Waals surface area contributed by atoms with Crippen LogP contribution in [0.5, 0.6) is 0 Å². The highest BCUT2D eigenvalue weighted by Gasteiger charge is 2.43. The quantitative estimate of drug-likeness (QED) is 0.0985. The average Bonchev–Trinajstić information content (AvgIpc) is 2.74. The molecule has 0 bridgehead atoms. The molecule has 7 heteroatoms. The predicted octanol–water partition coefficient (Wildman–Crippen LogP) is 4.93. The number of ketones is 1. The van der Waals surface area contributed by atoms with Gasteiger partial charge in [0.1, 0.15) is 11.2 Å². The number of esters is 3. The lowest BCUT2D eigenvalue weighted by Crippen LogP contribution is -2.39. The van der Waals surface area contributed by atoms with Crippen LogP contribution in [-0.4, -0.2) is 43.0 Å². The van der Waals surface area contributed by atoms with Crippen molar-refractivity contribution >= 4 is 23.7 Å². The molecule has 0 spiro atoms. The number of hydrogen-bond donors (Lipinski definition) is 0. The number of hydrogen-bond acceptors (Lipinski definition) is 7. The van der Waals surface area contributed by atoms with Crippen LogP contribution in [0, 0.1) is 17.3 Å². The zero-order valence-corrected chi connectivity index (χ0v) is 21.1. The summed E-state index contributed by atoms with van der Waals surface area (Å²) in [6, 6.07) is 0. The van der Waals surface area contributed by atoms with Gasteiger partial charge in [-0.1, -0.05) is 50.9 Å². The van der Waals surface area contributed by atoms with Crippen LogP contribution in [0.1, 0.15) is 105 Å². The van der Waals surface area contributed by atoms with Crippen LogP contribution in [0.25, 0.3) is 0 Å². The van der Waals surface area contributed by atoms with Crippen molar-refractivity contribution in [3.63, 3.8) is 0 Å². The van der Waals surface area contributed by atoms with E-state index in [-0.39, 0.29) is 24.8 Å². The zero-order valence-electron chi connectivity index (χ0n) is 21.1. The van der Waals surface area contributed by atoms with E-state index in [1.54, 1.807) is 13.8 Å². The third-order valence-corrected chi connectivity index (χ3v) is 5.41. The Morgan fingerprint density at radius 1 is 0.848 bits per heavy atom. The number of unbranched alkanes of at least 4 members (excludes halogenated alkanes) is 5. The van der Waals surface area contributed by atoms with Gasteiger partial charge in [0, 0.05) is 19.8 Å². The highest BCUT2D eigenvalue weighted by molar-refractivity contribution is 6.03. The first kappa shape index (κ1) is 30.6. The molecule has 0 fully saturated rings. The standard InChI is InChI=1S/C26H42O7/c1-6-9-12-16-23(33-22(5)28)17-15-20-26(21(4)27,25(30)32-8-3)19-14-11-10-13-18-24(29)31-7-2/h23H,6-14,16,18-20H2,1-5H3. The van der Waals surface area contributed by atoms with Gasteiger partial charge in [0.05, 0.1) is 13.2 Å². The van der Waals surface area contributed by atoms with Gasteiger partial charge in [-0.05, 0) is 46.5 Å². The van der Waals surface area contributed by atoms with Gasteiger partial charge in [-0.2, -0.15) is 0 Å². The van der Waals surface area contributed by atoms with Crippen molar-refractivity contribution in [3.05, 3.63) is 0 Å². The van der Waals surface area contributed by atoms with Crippen LogP contribution in [0.15, 0.2) is 0 Å². The summed E-state index contributed by atoms with van der Waals surface area (Å²) in [4.78, 5) is 48.2. The van der Waals surface area contributed by atoms with Crippen LogP contribution in [0.4, 0.5) is 0 Å². The molecule has 0 amide bonds. The van der Waals surface area contributed by atoms with E-state index in [1.165, 1.54) is 13.8 Å². The Bertz CT molecular complexity index is 674. The minimum Gasteiger partial charge on any atom is -0.466 e. The molecule has 0 aliphatic heterocycles. The normalized spacial score (nSPS) is 13.1. The maximum atomic E-state index is 12.8. The molecule has 7 nitrogen and oxygen atoms in total. The lowest BCUT2D eigenvalue weighted by Gasteiger charge is -2.27. The van der Waals surface area contributed by atoms with Crippen molar-refractivity contribution < 1.29 is 33.4 Å². The average molecular weight is 467 g/mol. The predicted molar refractivity (Wildman–Crippen MR) is 126 cm³/mol. The van der Waals surface area contributed by atoms with Gasteiger partial charge in [-0.15, -0.1) is 0 Å². The first-order chi connectivity index (χ1) is 15.7. The Kier molecular flexibility index (Phi) is 16.8. The van der Waals surface area contributed by atoms with Crippen molar-refractivity contribution in [2.75, 3.05) is 13.2 Å². The maximum Gasteiger partial charge on any atom is 0.320 e. The molecule has 0 aromatic carbocycles. The zero-order chi connectivity index (χ0) is 25.1. The molecule has 0 aromatic rings. The van der Waals surface area contributed by atoms with Crippen LogP contribution in [0.2, 0.25) is 0 Å². The number of carbonyl (C=O) groups excluding carboxylic acids is 4. The van der Waals surface area contributed by atoms with Crippen molar-refractivity contribution in [2.24, 2.45) is 5.41 Å². The van der Waals surface area contributed by atoms with E-state index in [0.29, 0.717) is 38.7 Å². The Balaban J connectivity index is 5.20. The van der Waals surface area contributed by atoms with E-state index in [4.69, 9.17) is 14.2 Å². The summed E-state index contributed by atoms with van der Waals surface area (Å²) < 4.78 is 15.4. The highest BCUT2D eigenvalue weighted by Crippen LogP contribution is 2.32. The molecule has 0 aliphatic carbocycles. The van der Waals surface area contributed by atoms with Gasteiger partial charge < -0.3 is 14.2 Å². The number of Topliss-reactive ketones (excluding diaryl/α,β-unsaturated/α-hetero) is 1. The van der Waals surface area contributed by atoms with Crippen molar-refractivity contribution in [1.29, 1.82) is 0 Å². The van der Waals surface area contributed by atoms with Crippen molar-refractivity contribution in [2.45, 2.75) is 111 Å². The molecule has 2 atom stereocenters. The topological polar surface area (TPSA) is 96.0 Å². The molecule has 188 valence electrons. The molecule has 0 heterocycles. The summed E-state index contributed by atoms with van der Waals surface area (Å²) in [5, 5.41) is 0. The molecule has 0 aromatic heterocycles. The van der Waals surface area contributed by atoms with Crippen LogP contribution in [-0.2, 0) is 33.4 Å². The first-order valence-corrected chi connectivity index (χ1v) is 12.2. The minimum atomic E-state index is -1.34. The van der Waals surface area contributed by atoms with Gasteiger partial charge in [0.15, 0.2) is 6.10 Å². The van der Waals surface area contributed by atoms with Crippen LogP contribution < -0.4 is 0 Å². The van der Waals surface area contributed by atoms with E-state index in [0.717, 1.165) is 32.1 Å². The smallest absolute Gasteiger partial charge is 0.320 e. The van der Waals surface area contributed by atoms with E-state index in [1.807, 2.05) is 0 Å². The fraction of sp³-hybridized carbons (Fsp3) is 0.769. The van der Waals surface area contributed by atoms with Gasteiger partial charge in [-0.3, -0.25) is 19.2 Å². The largest absolute Gasteiger partial charge is 0.466 e. The van der Waals surface area contributed by atoms with Crippen molar-refractivity contribution in [1.82, 2.24) is 0 Å². The molecule has 0 radical (unpaired) electrons. The van der Waals surface area contributed by atoms with Gasteiger partial charge in [0.2, 0.25) is 0 Å². The molecule has 33 heavy (non-hydrogen) atoms. The first-order valence-electron chi connectivity index (χ1n) is 12.2. The van der Waals surface area contributed by atoms with Gasteiger partial charge >= 0.3 is 17.9 Å². The summed E-state index contributed by atoms with van der Waals surface area (Å²) in [6.45, 7) is 8.85. The molecule has 0 aliphatic rings. The lowest BCUT2D eigenvalue weighted by molar-refractivity contribution is -0.160. The van der Waals surface area contributed by atoms with Gasteiger partial charge in [-0.25, -0.2) is 0 Å².